The molecule has 0 saturated heterocycles. The molecule has 62 valence electrons. The van der Waals surface area contributed by atoms with E-state index in [2.05, 4.69) is 5.32 Å². The minimum atomic E-state index is -0.329. The summed E-state index contributed by atoms with van der Waals surface area (Å²) in [6, 6.07) is 0. The SMILES string of the molecule is CC(=O)C1(C)CNC(C)=[N+]1C. The van der Waals surface area contributed by atoms with Crippen molar-refractivity contribution in [1.29, 1.82) is 0 Å². The summed E-state index contributed by atoms with van der Waals surface area (Å²) in [6.45, 7) is 6.30. The maximum Gasteiger partial charge on any atom is 0.242 e. The zero-order valence-electron chi connectivity index (χ0n) is 7.56. The van der Waals surface area contributed by atoms with Gasteiger partial charge in [-0.15, -0.1) is 0 Å². The minimum absolute atomic E-state index is 0.212. The first-order valence-electron chi connectivity index (χ1n) is 3.81. The van der Waals surface area contributed by atoms with Crippen LogP contribution in [0.5, 0.6) is 0 Å². The zero-order valence-corrected chi connectivity index (χ0v) is 7.56. The number of ketones is 1. The van der Waals surface area contributed by atoms with Gasteiger partial charge in [-0.1, -0.05) is 0 Å². The van der Waals surface area contributed by atoms with Crippen LogP contribution < -0.4 is 5.32 Å². The first-order valence-corrected chi connectivity index (χ1v) is 3.81. The van der Waals surface area contributed by atoms with Gasteiger partial charge in [-0.3, -0.25) is 14.7 Å². The summed E-state index contributed by atoms with van der Waals surface area (Å²) in [6.07, 6.45) is 0. The Kier molecular flexibility index (Phi) is 1.74. The highest BCUT2D eigenvalue weighted by Gasteiger charge is 2.43. The van der Waals surface area contributed by atoms with Crippen LogP contribution in [0.25, 0.3) is 0 Å². The number of likely N-dealkylation sites (N-methyl/N-ethyl adjacent to an activating group) is 1. The molecule has 1 N–H and O–H groups in total. The number of hydrogen-bond donors (Lipinski definition) is 1. The van der Waals surface area contributed by atoms with Crippen molar-refractivity contribution in [1.82, 2.24) is 5.32 Å². The normalized spacial score (nSPS) is 30.5. The van der Waals surface area contributed by atoms with Gasteiger partial charge in [0, 0.05) is 6.92 Å². The molecule has 0 bridgehead atoms. The van der Waals surface area contributed by atoms with E-state index in [1.165, 1.54) is 0 Å². The fourth-order valence-corrected chi connectivity index (χ4v) is 1.27. The molecule has 3 nitrogen and oxygen atoms in total. The summed E-state index contributed by atoms with van der Waals surface area (Å²) in [5, 5.41) is 3.16. The van der Waals surface area contributed by atoms with Crippen LogP contribution >= 0.6 is 0 Å². The smallest absolute Gasteiger partial charge is 0.242 e. The number of carbonyl (C=O) groups excluding carboxylic acids is 1. The van der Waals surface area contributed by atoms with Gasteiger partial charge in [0.2, 0.25) is 5.84 Å². The highest BCUT2D eigenvalue weighted by molar-refractivity contribution is 5.88. The number of nitrogens with one attached hydrogen (secondary N) is 1. The molecule has 11 heavy (non-hydrogen) atoms. The summed E-state index contributed by atoms with van der Waals surface area (Å²) < 4.78 is 2.00. The monoisotopic (exact) mass is 155 g/mol. The summed E-state index contributed by atoms with van der Waals surface area (Å²) in [4.78, 5) is 11.2. The van der Waals surface area contributed by atoms with Crippen molar-refractivity contribution in [3.8, 4) is 0 Å². The standard InChI is InChI=1S/C8H14N2O/c1-6(11)8(3)5-9-7(2)10(8)4/h5H2,1-4H3/p+1. The van der Waals surface area contributed by atoms with Crippen LogP contribution in [0.3, 0.4) is 0 Å². The molecule has 0 radical (unpaired) electrons. The van der Waals surface area contributed by atoms with E-state index >= 15 is 0 Å². The molecule has 1 atom stereocenters. The van der Waals surface area contributed by atoms with E-state index in [-0.39, 0.29) is 11.3 Å². The minimum Gasteiger partial charge on any atom is -0.295 e. The second kappa shape index (κ2) is 2.32. The van der Waals surface area contributed by atoms with Gasteiger partial charge >= 0.3 is 0 Å². The molecule has 0 aliphatic carbocycles. The Morgan fingerprint density at radius 1 is 1.73 bits per heavy atom. The Hall–Kier alpha value is -0.860. The molecule has 1 aliphatic heterocycles. The van der Waals surface area contributed by atoms with Crippen molar-refractivity contribution in [2.75, 3.05) is 13.6 Å². The number of Topliss-reactive ketones (excluding diaryl/α,β-unsaturated/α-hetero) is 1. The fourth-order valence-electron chi connectivity index (χ4n) is 1.27. The average Bonchev–Trinajstić information content (AvgIpc) is 2.18. The van der Waals surface area contributed by atoms with Crippen molar-refractivity contribution in [3.63, 3.8) is 0 Å². The van der Waals surface area contributed by atoms with Crippen molar-refractivity contribution in [3.05, 3.63) is 0 Å². The van der Waals surface area contributed by atoms with Gasteiger partial charge in [-0.2, -0.15) is 0 Å². The first-order chi connectivity index (χ1) is 4.98. The lowest BCUT2D eigenvalue weighted by atomic mass is 9.98. The summed E-state index contributed by atoms with van der Waals surface area (Å²) >= 11 is 0. The Morgan fingerprint density at radius 2 is 2.27 bits per heavy atom. The van der Waals surface area contributed by atoms with Crippen molar-refractivity contribution in [2.24, 2.45) is 0 Å². The topological polar surface area (TPSA) is 32.1 Å². The Labute approximate surface area is 67.1 Å². The van der Waals surface area contributed by atoms with Gasteiger partial charge in [0.25, 0.3) is 0 Å². The summed E-state index contributed by atoms with van der Waals surface area (Å²) in [7, 11) is 1.94. The highest BCUT2D eigenvalue weighted by Crippen LogP contribution is 2.13. The third-order valence-corrected chi connectivity index (χ3v) is 2.69. The van der Waals surface area contributed by atoms with Gasteiger partial charge in [-0.05, 0) is 13.8 Å². The summed E-state index contributed by atoms with van der Waals surface area (Å²) in [5.74, 6) is 1.28. The maximum atomic E-state index is 11.2. The fraction of sp³-hybridized carbons (Fsp3) is 0.750. The van der Waals surface area contributed by atoms with Gasteiger partial charge in [0.05, 0.1) is 7.05 Å². The van der Waals surface area contributed by atoms with Crippen LogP contribution in [0.1, 0.15) is 20.8 Å². The van der Waals surface area contributed by atoms with Crippen LogP contribution in [0, 0.1) is 0 Å². The van der Waals surface area contributed by atoms with Crippen LogP contribution in [0.2, 0.25) is 0 Å². The van der Waals surface area contributed by atoms with Crippen LogP contribution in [-0.4, -0.2) is 35.3 Å². The van der Waals surface area contributed by atoms with Crippen molar-refractivity contribution < 1.29 is 9.37 Å². The predicted molar refractivity (Wildman–Crippen MR) is 44.0 cm³/mol. The molecule has 0 aromatic carbocycles. The van der Waals surface area contributed by atoms with E-state index in [1.54, 1.807) is 6.92 Å². The molecule has 3 heteroatoms. The zero-order chi connectivity index (χ0) is 8.65. The molecule has 0 amide bonds. The number of carbonyl (C=O) groups is 1. The lowest BCUT2D eigenvalue weighted by Gasteiger charge is -2.17. The summed E-state index contributed by atoms with van der Waals surface area (Å²) in [5.41, 5.74) is -0.329. The van der Waals surface area contributed by atoms with Crippen LogP contribution in [-0.2, 0) is 4.79 Å². The van der Waals surface area contributed by atoms with Gasteiger partial charge in [0.15, 0.2) is 11.3 Å². The molecule has 0 spiro atoms. The number of rotatable bonds is 1. The maximum absolute atomic E-state index is 11.2. The second-order valence-electron chi connectivity index (χ2n) is 3.33. The second-order valence-corrected chi connectivity index (χ2v) is 3.33. The van der Waals surface area contributed by atoms with Gasteiger partial charge < -0.3 is 0 Å². The molecule has 1 aliphatic rings. The molecule has 1 unspecified atom stereocenters. The third-order valence-electron chi connectivity index (χ3n) is 2.69. The molecule has 0 fully saturated rings. The first kappa shape index (κ1) is 8.24. The van der Waals surface area contributed by atoms with Crippen LogP contribution in [0.4, 0.5) is 0 Å². The average molecular weight is 155 g/mol. The third kappa shape index (κ3) is 1.04. The van der Waals surface area contributed by atoms with E-state index in [9.17, 15) is 4.79 Å². The Morgan fingerprint density at radius 3 is 2.45 bits per heavy atom. The highest BCUT2D eigenvalue weighted by atomic mass is 16.1. The van der Waals surface area contributed by atoms with Gasteiger partial charge in [-0.25, -0.2) is 0 Å². The lowest BCUT2D eigenvalue weighted by Crippen LogP contribution is -2.44. The molecule has 0 aromatic heterocycles. The molecule has 0 saturated carbocycles. The van der Waals surface area contributed by atoms with E-state index in [0.29, 0.717) is 0 Å². The molecular weight excluding hydrogens is 140 g/mol. The van der Waals surface area contributed by atoms with Crippen molar-refractivity contribution >= 4 is 11.6 Å². The molecule has 1 rings (SSSR count). The quantitative estimate of drug-likeness (QED) is 0.540. The molecule has 0 aromatic rings. The van der Waals surface area contributed by atoms with E-state index in [1.807, 2.05) is 25.5 Å². The largest absolute Gasteiger partial charge is 0.295 e. The van der Waals surface area contributed by atoms with E-state index in [0.717, 1.165) is 12.4 Å². The number of nitrogens with zero attached hydrogens (tertiary/aromatic N) is 1. The number of hydrogen-bond acceptors (Lipinski definition) is 2. The van der Waals surface area contributed by atoms with E-state index < -0.39 is 0 Å². The van der Waals surface area contributed by atoms with Gasteiger partial charge in [0.1, 0.15) is 6.54 Å². The van der Waals surface area contributed by atoms with Crippen LogP contribution in [0.15, 0.2) is 0 Å². The van der Waals surface area contributed by atoms with E-state index in [4.69, 9.17) is 0 Å². The molecular formula is C8H15N2O+. The number of amidine groups is 1. The predicted octanol–water partition coefficient (Wildman–Crippen LogP) is -0.00200. The van der Waals surface area contributed by atoms with Crippen molar-refractivity contribution in [2.45, 2.75) is 26.3 Å². The Bertz CT molecular complexity index is 232. The molecule has 1 heterocycles. The lowest BCUT2D eigenvalue weighted by molar-refractivity contribution is -0.550. The Balaban J connectivity index is 3.01.